The van der Waals surface area contributed by atoms with E-state index in [4.69, 9.17) is 4.74 Å². The highest BCUT2D eigenvalue weighted by Crippen LogP contribution is 2.36. The van der Waals surface area contributed by atoms with Crippen LogP contribution < -0.4 is 0 Å². The number of H-pyrrole nitrogens is 3. The number of aromatic hydroxyl groups is 1. The molecule has 3 aromatic heterocycles. The van der Waals surface area contributed by atoms with Crippen molar-refractivity contribution in [2.45, 2.75) is 18.9 Å². The third-order valence-corrected chi connectivity index (χ3v) is 4.61. The lowest BCUT2D eigenvalue weighted by Crippen LogP contribution is -2.20. The van der Waals surface area contributed by atoms with Gasteiger partial charge in [0.2, 0.25) is 5.88 Å². The number of nitrogens with zero attached hydrogens (tertiary/aromatic N) is 3. The van der Waals surface area contributed by atoms with Crippen molar-refractivity contribution in [1.29, 1.82) is 0 Å². The van der Waals surface area contributed by atoms with Crippen molar-refractivity contribution in [2.24, 2.45) is 0 Å². The number of aromatic nitrogens is 6. The van der Waals surface area contributed by atoms with Crippen LogP contribution >= 0.6 is 0 Å². The topological polar surface area (TPSA) is 108 Å². The van der Waals surface area contributed by atoms with Crippen LogP contribution in [0.25, 0.3) is 32.8 Å². The largest absolute Gasteiger partial charge is 0.493 e. The molecule has 4 N–H and O–H groups in total. The van der Waals surface area contributed by atoms with Gasteiger partial charge in [-0.05, 0) is 25.0 Å². The van der Waals surface area contributed by atoms with E-state index in [-0.39, 0.29) is 11.9 Å². The Morgan fingerprint density at radius 2 is 1.96 bits per heavy atom. The lowest BCUT2D eigenvalue weighted by Gasteiger charge is -2.23. The average Bonchev–Trinajstić information content (AvgIpc) is 3.10. The number of ether oxygens (including phenoxy) is 1. The van der Waals surface area contributed by atoms with Crippen LogP contribution in [-0.4, -0.2) is 48.5 Å². The number of hydrogen-bond acceptors (Lipinski definition) is 4. The number of aromatic amines is 3. The van der Waals surface area contributed by atoms with Crippen LogP contribution in [0.15, 0.2) is 18.3 Å². The number of nitrogens with one attached hydrogen (secondary N) is 3. The molecule has 0 saturated carbocycles. The number of fused-ring (bicyclic) bond motifs is 2. The van der Waals surface area contributed by atoms with Crippen LogP contribution in [0, 0.1) is 0 Å². The Labute approximate surface area is 130 Å². The van der Waals surface area contributed by atoms with Crippen LogP contribution in [0.3, 0.4) is 0 Å². The summed E-state index contributed by atoms with van der Waals surface area (Å²) in [5, 5.41) is 30.3. The van der Waals surface area contributed by atoms with Gasteiger partial charge in [0.25, 0.3) is 0 Å². The van der Waals surface area contributed by atoms with Gasteiger partial charge in [-0.15, -0.1) is 10.2 Å². The van der Waals surface area contributed by atoms with Gasteiger partial charge < -0.3 is 20.0 Å². The van der Waals surface area contributed by atoms with E-state index in [2.05, 4.69) is 25.5 Å². The molecule has 0 atom stereocenters. The molecule has 1 aliphatic rings. The molecule has 1 aromatic carbocycles. The molecule has 23 heavy (non-hydrogen) atoms. The minimum atomic E-state index is 0.206. The maximum Gasteiger partial charge on any atom is 0.218 e. The summed E-state index contributed by atoms with van der Waals surface area (Å²) < 4.78 is 7.25. The predicted octanol–water partition coefficient (Wildman–Crippen LogP) is 2.34. The maximum absolute atomic E-state index is 10.8. The lowest BCUT2D eigenvalue weighted by atomic mass is 10.1. The Hall–Kier alpha value is -2.74. The fraction of sp³-hybridized carbons (Fsp3) is 0.333. The van der Waals surface area contributed by atoms with E-state index in [1.807, 2.05) is 16.8 Å². The molecule has 118 valence electrons. The first-order chi connectivity index (χ1) is 11.3. The highest BCUT2D eigenvalue weighted by Gasteiger charge is 2.22. The van der Waals surface area contributed by atoms with Crippen molar-refractivity contribution in [3.63, 3.8) is 0 Å². The summed E-state index contributed by atoms with van der Waals surface area (Å²) in [4.78, 5) is 0. The monoisotopic (exact) mass is 312 g/mol. The molecular weight excluding hydrogens is 296 g/mol. The van der Waals surface area contributed by atoms with Crippen LogP contribution in [0.1, 0.15) is 18.9 Å². The highest BCUT2D eigenvalue weighted by atomic mass is 16.5. The first-order valence-electron chi connectivity index (χ1n) is 7.71. The SMILES string of the molecule is Oc1c2c(ccc3[nH][nH]cc4nnc2c43)[nH]n1C1CCOCC1. The minimum absolute atomic E-state index is 0.206. The second-order valence-corrected chi connectivity index (χ2v) is 5.91. The summed E-state index contributed by atoms with van der Waals surface area (Å²) in [5.74, 6) is 0.207. The van der Waals surface area contributed by atoms with Crippen molar-refractivity contribution in [3.05, 3.63) is 18.3 Å². The fourth-order valence-electron chi connectivity index (χ4n) is 3.44. The second-order valence-electron chi connectivity index (χ2n) is 5.91. The molecule has 5 rings (SSSR count). The van der Waals surface area contributed by atoms with Gasteiger partial charge in [0.1, 0.15) is 11.0 Å². The molecule has 0 spiro atoms. The van der Waals surface area contributed by atoms with E-state index in [0.29, 0.717) is 24.1 Å². The smallest absolute Gasteiger partial charge is 0.218 e. The van der Waals surface area contributed by atoms with Gasteiger partial charge in [-0.3, -0.25) is 9.78 Å². The molecule has 4 heterocycles. The molecule has 1 aliphatic heterocycles. The van der Waals surface area contributed by atoms with Crippen molar-refractivity contribution in [2.75, 3.05) is 13.2 Å². The summed E-state index contributed by atoms with van der Waals surface area (Å²) in [5.41, 5.74) is 3.19. The first-order valence-corrected chi connectivity index (χ1v) is 7.71. The molecule has 8 heteroatoms. The van der Waals surface area contributed by atoms with Crippen LogP contribution in [-0.2, 0) is 4.74 Å². The molecule has 4 aromatic rings. The Morgan fingerprint density at radius 1 is 1.13 bits per heavy atom. The second kappa shape index (κ2) is 4.63. The van der Waals surface area contributed by atoms with Crippen molar-refractivity contribution in [3.8, 4) is 5.88 Å². The van der Waals surface area contributed by atoms with Crippen molar-refractivity contribution >= 4 is 32.8 Å². The fourth-order valence-corrected chi connectivity index (χ4v) is 3.44. The lowest BCUT2D eigenvalue weighted by molar-refractivity contribution is 0.0642. The number of rotatable bonds is 1. The number of hydrogen-bond donors (Lipinski definition) is 4. The molecule has 0 unspecified atom stereocenters. The molecule has 0 radical (unpaired) electrons. The Kier molecular flexibility index (Phi) is 2.57. The van der Waals surface area contributed by atoms with E-state index in [1.54, 1.807) is 6.20 Å². The van der Waals surface area contributed by atoms with Crippen LogP contribution in [0.2, 0.25) is 0 Å². The Balaban J connectivity index is 1.86. The highest BCUT2D eigenvalue weighted by molar-refractivity contribution is 6.15. The van der Waals surface area contributed by atoms with Gasteiger partial charge in [-0.1, -0.05) is 0 Å². The zero-order valence-electron chi connectivity index (χ0n) is 12.3. The summed E-state index contributed by atoms with van der Waals surface area (Å²) in [7, 11) is 0. The predicted molar refractivity (Wildman–Crippen MR) is 85.2 cm³/mol. The van der Waals surface area contributed by atoms with Gasteiger partial charge >= 0.3 is 0 Å². The zero-order chi connectivity index (χ0) is 15.4. The zero-order valence-corrected chi connectivity index (χ0v) is 12.3. The molecule has 1 saturated heterocycles. The third-order valence-electron chi connectivity index (χ3n) is 4.61. The van der Waals surface area contributed by atoms with Gasteiger partial charge in [0.15, 0.2) is 0 Å². The van der Waals surface area contributed by atoms with Crippen molar-refractivity contribution in [1.82, 2.24) is 30.2 Å². The Morgan fingerprint density at radius 3 is 2.83 bits per heavy atom. The molecule has 0 bridgehead atoms. The van der Waals surface area contributed by atoms with E-state index in [0.717, 1.165) is 34.8 Å². The molecule has 0 amide bonds. The molecular formula is C15H16N6O2. The summed E-state index contributed by atoms with van der Waals surface area (Å²) in [6, 6.07) is 4.12. The van der Waals surface area contributed by atoms with E-state index >= 15 is 0 Å². The maximum atomic E-state index is 10.8. The van der Waals surface area contributed by atoms with Crippen LogP contribution in [0.4, 0.5) is 0 Å². The molecule has 0 aliphatic carbocycles. The van der Waals surface area contributed by atoms with Crippen LogP contribution in [0.5, 0.6) is 5.88 Å². The normalized spacial score (nSPS) is 16.7. The molecule has 1 fully saturated rings. The first kappa shape index (κ1) is 12.8. The quantitative estimate of drug-likeness (QED) is 0.432. The van der Waals surface area contributed by atoms with Gasteiger partial charge in [-0.2, -0.15) is 0 Å². The minimum Gasteiger partial charge on any atom is -0.493 e. The van der Waals surface area contributed by atoms with E-state index < -0.39 is 0 Å². The van der Waals surface area contributed by atoms with Gasteiger partial charge in [0, 0.05) is 19.4 Å². The summed E-state index contributed by atoms with van der Waals surface area (Å²) in [6.45, 7) is 1.43. The van der Waals surface area contributed by atoms with E-state index in [9.17, 15) is 5.11 Å². The average molecular weight is 312 g/mol. The van der Waals surface area contributed by atoms with Gasteiger partial charge in [-0.25, -0.2) is 0 Å². The molecule has 8 nitrogen and oxygen atoms in total. The third kappa shape index (κ3) is 1.75. The summed E-state index contributed by atoms with van der Waals surface area (Å²) >= 11 is 0. The van der Waals surface area contributed by atoms with Gasteiger partial charge in [0.05, 0.1) is 27.8 Å². The summed E-state index contributed by atoms with van der Waals surface area (Å²) in [6.07, 6.45) is 3.52. The standard InChI is InChI=1S/C15H16N6O2/c22-15-13-10(20-21(15)8-3-5-23-6-4-8)2-1-9-12-11(7-16-17-9)18-19-14(12)13/h1-2,7-8,16-17,20,22H,3-6H2. The van der Waals surface area contributed by atoms with E-state index in [1.165, 1.54) is 0 Å². The van der Waals surface area contributed by atoms with Crippen molar-refractivity contribution < 1.29 is 9.84 Å². The Bertz CT molecular complexity index is 1030.